The molecule has 5 rings (SSSR count). The first-order chi connectivity index (χ1) is 18.6. The van der Waals surface area contributed by atoms with E-state index in [0.717, 1.165) is 27.7 Å². The zero-order chi connectivity index (χ0) is 27.7. The smallest absolute Gasteiger partial charge is 0.407 e. The summed E-state index contributed by atoms with van der Waals surface area (Å²) < 4.78 is 7.88. The summed E-state index contributed by atoms with van der Waals surface area (Å²) in [4.78, 5) is 22.2. The summed E-state index contributed by atoms with van der Waals surface area (Å²) in [5, 5.41) is 25.4. The Morgan fingerprint density at radius 2 is 1.95 bits per heavy atom. The zero-order valence-electron chi connectivity index (χ0n) is 22.9. The Morgan fingerprint density at radius 3 is 2.69 bits per heavy atom. The molecule has 2 N–H and O–H groups in total. The van der Waals surface area contributed by atoms with Crippen molar-refractivity contribution in [1.82, 2.24) is 34.8 Å². The van der Waals surface area contributed by atoms with Gasteiger partial charge >= 0.3 is 6.09 Å². The molecule has 1 aliphatic rings. The van der Waals surface area contributed by atoms with E-state index in [4.69, 9.17) is 9.72 Å². The maximum Gasteiger partial charge on any atom is 0.407 e. The summed E-state index contributed by atoms with van der Waals surface area (Å²) in [5.74, 6) is 1.66. The van der Waals surface area contributed by atoms with Crippen LogP contribution < -0.4 is 5.32 Å². The number of anilines is 2. The van der Waals surface area contributed by atoms with Crippen molar-refractivity contribution in [3.8, 4) is 11.1 Å². The molecule has 1 amide bonds. The van der Waals surface area contributed by atoms with E-state index >= 15 is 0 Å². The number of carboxylic acid groups (broad SMARTS) is 1. The molecule has 39 heavy (non-hydrogen) atoms. The number of likely N-dealkylation sites (tertiary alicyclic amines) is 1. The van der Waals surface area contributed by atoms with Crippen LogP contribution in [-0.4, -0.2) is 71.3 Å². The van der Waals surface area contributed by atoms with Gasteiger partial charge < -0.3 is 15.2 Å². The Hall–Kier alpha value is -4.12. The maximum atomic E-state index is 11.5. The van der Waals surface area contributed by atoms with Crippen molar-refractivity contribution in [2.75, 3.05) is 18.5 Å². The quantitative estimate of drug-likeness (QED) is 0.325. The van der Waals surface area contributed by atoms with Crippen LogP contribution in [0.4, 0.5) is 16.4 Å². The van der Waals surface area contributed by atoms with Crippen molar-refractivity contribution in [1.29, 1.82) is 0 Å². The van der Waals surface area contributed by atoms with E-state index in [-0.39, 0.29) is 17.6 Å². The molecule has 204 valence electrons. The van der Waals surface area contributed by atoms with Crippen LogP contribution in [0.1, 0.15) is 46.1 Å². The normalized spacial score (nSPS) is 17.4. The van der Waals surface area contributed by atoms with Gasteiger partial charge in [0.1, 0.15) is 5.82 Å². The fourth-order valence-corrected chi connectivity index (χ4v) is 4.89. The molecule has 1 fully saturated rings. The van der Waals surface area contributed by atoms with Crippen molar-refractivity contribution in [2.45, 2.75) is 59.2 Å². The van der Waals surface area contributed by atoms with E-state index in [1.54, 1.807) is 12.4 Å². The molecule has 11 heteroatoms. The van der Waals surface area contributed by atoms with Crippen LogP contribution >= 0.6 is 0 Å². The highest BCUT2D eigenvalue weighted by atomic mass is 16.5. The summed E-state index contributed by atoms with van der Waals surface area (Å²) in [6, 6.07) is 7.60. The SMILES string of the molecule is CC(C)c1cnnc(Nc2ccc3ncc(-c4cnn(CCOC5CN(C(=O)O)C5C(C)(C)C)c4)cc3n2)c1. The van der Waals surface area contributed by atoms with Gasteiger partial charge in [-0.2, -0.15) is 10.2 Å². The molecular weight excluding hydrogens is 496 g/mol. The second-order valence-corrected chi connectivity index (χ2v) is 11.3. The number of carbonyl (C=O) groups is 1. The molecule has 0 radical (unpaired) electrons. The van der Waals surface area contributed by atoms with Crippen molar-refractivity contribution < 1.29 is 14.6 Å². The zero-order valence-corrected chi connectivity index (χ0v) is 22.9. The Bertz CT molecular complexity index is 1480. The van der Waals surface area contributed by atoms with Crippen molar-refractivity contribution in [3.05, 3.63) is 54.6 Å². The monoisotopic (exact) mass is 530 g/mol. The molecule has 2 unspecified atom stereocenters. The Labute approximate surface area is 227 Å². The highest BCUT2D eigenvalue weighted by Gasteiger charge is 2.49. The number of hydrogen-bond donors (Lipinski definition) is 2. The summed E-state index contributed by atoms with van der Waals surface area (Å²) in [7, 11) is 0. The maximum absolute atomic E-state index is 11.5. The first-order valence-electron chi connectivity index (χ1n) is 13.1. The highest BCUT2D eigenvalue weighted by molar-refractivity contribution is 5.81. The van der Waals surface area contributed by atoms with E-state index in [1.807, 2.05) is 62.1 Å². The number of amides is 1. The van der Waals surface area contributed by atoms with Gasteiger partial charge in [-0.1, -0.05) is 34.6 Å². The fraction of sp³-hybridized carbons (Fsp3) is 0.429. The molecule has 1 aliphatic heterocycles. The van der Waals surface area contributed by atoms with Gasteiger partial charge in [-0.15, -0.1) is 5.10 Å². The molecule has 11 nitrogen and oxygen atoms in total. The number of nitrogens with one attached hydrogen (secondary N) is 1. The first-order valence-corrected chi connectivity index (χ1v) is 13.1. The Morgan fingerprint density at radius 1 is 1.13 bits per heavy atom. The van der Waals surface area contributed by atoms with Crippen LogP contribution in [0.2, 0.25) is 0 Å². The molecule has 5 heterocycles. The van der Waals surface area contributed by atoms with Gasteiger partial charge in [0.05, 0.1) is 55.3 Å². The van der Waals surface area contributed by atoms with Crippen LogP contribution in [0.15, 0.2) is 49.1 Å². The number of fused-ring (bicyclic) bond motifs is 1. The third-order valence-corrected chi connectivity index (χ3v) is 6.95. The molecule has 0 saturated carbocycles. The lowest BCUT2D eigenvalue weighted by atomic mass is 9.77. The summed E-state index contributed by atoms with van der Waals surface area (Å²) in [5.41, 5.74) is 4.28. The van der Waals surface area contributed by atoms with Gasteiger partial charge in [0.25, 0.3) is 0 Å². The fourth-order valence-electron chi connectivity index (χ4n) is 4.89. The van der Waals surface area contributed by atoms with Crippen LogP contribution in [0, 0.1) is 5.41 Å². The number of pyridine rings is 2. The lowest BCUT2D eigenvalue weighted by Crippen LogP contribution is -2.67. The van der Waals surface area contributed by atoms with E-state index < -0.39 is 6.09 Å². The lowest BCUT2D eigenvalue weighted by Gasteiger charge is -2.52. The van der Waals surface area contributed by atoms with Crippen LogP contribution in [0.25, 0.3) is 22.2 Å². The molecule has 1 saturated heterocycles. The Kier molecular flexibility index (Phi) is 7.17. The Balaban J connectivity index is 1.24. The molecule has 2 atom stereocenters. The predicted molar refractivity (Wildman–Crippen MR) is 148 cm³/mol. The van der Waals surface area contributed by atoms with Gasteiger partial charge in [-0.25, -0.2) is 9.78 Å². The standard InChI is InChI=1S/C28H34N8O3/c1-17(2)18-11-25(34-30-13-18)33-24-7-6-21-22(32-24)10-19(12-29-21)20-14-31-35(15-20)8-9-39-23-16-36(27(37)38)26(23)28(3,4)5/h6-7,10-15,17,23,26H,8-9,16H2,1-5H3,(H,37,38)(H,32,33,34). The number of nitrogens with zero attached hydrogens (tertiary/aromatic N) is 7. The average Bonchev–Trinajstić information content (AvgIpc) is 3.33. The van der Waals surface area contributed by atoms with Crippen LogP contribution in [-0.2, 0) is 11.3 Å². The first kappa shape index (κ1) is 26.5. The lowest BCUT2D eigenvalue weighted by molar-refractivity contribution is -0.126. The van der Waals surface area contributed by atoms with E-state index in [9.17, 15) is 9.90 Å². The summed E-state index contributed by atoms with van der Waals surface area (Å²) in [6.45, 7) is 11.7. The van der Waals surface area contributed by atoms with Crippen molar-refractivity contribution >= 4 is 28.8 Å². The number of rotatable bonds is 8. The topological polar surface area (TPSA) is 131 Å². The third-order valence-electron chi connectivity index (χ3n) is 6.95. The minimum Gasteiger partial charge on any atom is -0.465 e. The van der Waals surface area contributed by atoms with E-state index in [0.29, 0.717) is 37.3 Å². The number of aromatic nitrogens is 6. The molecule has 0 spiro atoms. The highest BCUT2D eigenvalue weighted by Crippen LogP contribution is 2.35. The molecule has 0 aromatic carbocycles. The van der Waals surface area contributed by atoms with Crippen LogP contribution in [0.5, 0.6) is 0 Å². The van der Waals surface area contributed by atoms with Gasteiger partial charge in [0.2, 0.25) is 0 Å². The molecule has 0 aliphatic carbocycles. The minimum absolute atomic E-state index is 0.117. The van der Waals surface area contributed by atoms with E-state index in [2.05, 4.69) is 39.4 Å². The minimum atomic E-state index is -0.901. The summed E-state index contributed by atoms with van der Waals surface area (Å²) >= 11 is 0. The largest absolute Gasteiger partial charge is 0.465 e. The number of hydrogen-bond acceptors (Lipinski definition) is 8. The molecule has 4 aromatic heterocycles. The van der Waals surface area contributed by atoms with E-state index in [1.165, 1.54) is 4.90 Å². The van der Waals surface area contributed by atoms with Gasteiger partial charge in [-0.3, -0.25) is 14.6 Å². The third kappa shape index (κ3) is 5.83. The second-order valence-electron chi connectivity index (χ2n) is 11.3. The molecular formula is C28H34N8O3. The summed E-state index contributed by atoms with van der Waals surface area (Å²) in [6.07, 6.45) is 6.32. The van der Waals surface area contributed by atoms with Crippen LogP contribution in [0.3, 0.4) is 0 Å². The van der Waals surface area contributed by atoms with Gasteiger partial charge in [-0.05, 0) is 41.2 Å². The molecule has 4 aromatic rings. The van der Waals surface area contributed by atoms with Gasteiger partial charge in [0.15, 0.2) is 5.82 Å². The number of ether oxygens (including phenoxy) is 1. The van der Waals surface area contributed by atoms with Gasteiger partial charge in [0, 0.05) is 23.5 Å². The predicted octanol–water partition coefficient (Wildman–Crippen LogP) is 4.94. The van der Waals surface area contributed by atoms with Crippen molar-refractivity contribution in [3.63, 3.8) is 0 Å². The average molecular weight is 531 g/mol. The van der Waals surface area contributed by atoms with Crippen molar-refractivity contribution in [2.24, 2.45) is 5.41 Å². The molecule has 0 bridgehead atoms. The second kappa shape index (κ2) is 10.6.